The van der Waals surface area contributed by atoms with E-state index in [1.54, 1.807) is 18.2 Å². The van der Waals surface area contributed by atoms with Crippen LogP contribution in [0, 0.1) is 0 Å². The Hall–Kier alpha value is -2.49. The van der Waals surface area contributed by atoms with Crippen LogP contribution >= 0.6 is 11.6 Å². The van der Waals surface area contributed by atoms with Crippen LogP contribution in [0.3, 0.4) is 0 Å². The van der Waals surface area contributed by atoms with E-state index < -0.39 is 15.9 Å². The maximum absolute atomic E-state index is 13.5. The summed E-state index contributed by atoms with van der Waals surface area (Å²) in [6.07, 6.45) is 4.32. The number of halogens is 1. The molecule has 1 amide bonds. The number of sulfonamides is 1. The Labute approximate surface area is 192 Å². The van der Waals surface area contributed by atoms with Crippen molar-refractivity contribution in [2.24, 2.45) is 0 Å². The van der Waals surface area contributed by atoms with Crippen molar-refractivity contribution in [3.63, 3.8) is 0 Å². The smallest absolute Gasteiger partial charge is 0.243 e. The largest absolute Gasteiger partial charge is 0.495 e. The number of carbonyl (C=O) groups excluding carboxylic acids is 1. The molecule has 1 N–H and O–H groups in total. The maximum Gasteiger partial charge on any atom is 0.243 e. The predicted octanol–water partition coefficient (Wildman–Crippen LogP) is 4.04. The fourth-order valence-electron chi connectivity index (χ4n) is 4.04. The van der Waals surface area contributed by atoms with Crippen molar-refractivity contribution in [1.82, 2.24) is 4.31 Å². The van der Waals surface area contributed by atoms with Crippen molar-refractivity contribution >= 4 is 33.2 Å². The van der Waals surface area contributed by atoms with E-state index in [-0.39, 0.29) is 29.3 Å². The first-order valence-electron chi connectivity index (χ1n) is 10.4. The molecule has 1 aliphatic heterocycles. The number of nitrogens with one attached hydrogen (secondary N) is 1. The van der Waals surface area contributed by atoms with Gasteiger partial charge in [-0.15, -0.1) is 0 Å². The first-order chi connectivity index (χ1) is 15.4. The van der Waals surface area contributed by atoms with Crippen LogP contribution in [0.1, 0.15) is 32.1 Å². The summed E-state index contributed by atoms with van der Waals surface area (Å²) in [6, 6.07) is 9.12. The van der Waals surface area contributed by atoms with Crippen molar-refractivity contribution < 1.29 is 27.4 Å². The minimum absolute atomic E-state index is 0.0322. The molecule has 10 heteroatoms. The first kappa shape index (κ1) is 22.7. The number of hydrogen-bond acceptors (Lipinski definition) is 6. The van der Waals surface area contributed by atoms with Crippen molar-refractivity contribution in [2.45, 2.75) is 43.0 Å². The third-order valence-corrected chi connectivity index (χ3v) is 7.86. The number of nitrogens with zero attached hydrogens (tertiary/aromatic N) is 1. The van der Waals surface area contributed by atoms with Crippen molar-refractivity contribution in [2.75, 3.05) is 25.8 Å². The van der Waals surface area contributed by atoms with Gasteiger partial charge in [-0.25, -0.2) is 8.42 Å². The molecule has 1 aliphatic carbocycles. The van der Waals surface area contributed by atoms with Gasteiger partial charge in [0.15, 0.2) is 11.5 Å². The second-order valence-electron chi connectivity index (χ2n) is 7.75. The van der Waals surface area contributed by atoms with E-state index in [1.807, 2.05) is 0 Å². The number of fused-ring (bicyclic) bond motifs is 1. The highest BCUT2D eigenvalue weighted by atomic mass is 35.5. The molecule has 0 aromatic heterocycles. The molecular weight excluding hydrogens is 456 g/mol. The van der Waals surface area contributed by atoms with Gasteiger partial charge in [0.25, 0.3) is 0 Å². The summed E-state index contributed by atoms with van der Waals surface area (Å²) in [5, 5.41) is 2.96. The highest BCUT2D eigenvalue weighted by molar-refractivity contribution is 7.89. The van der Waals surface area contributed by atoms with Crippen molar-refractivity contribution in [3.8, 4) is 17.2 Å². The standard InChI is InChI=1S/C22H25ClN2O6S/c1-29-19-10-8-17(12-18(19)23)32(27,28)25(16-5-3-2-4-6-16)13-22(26)24-15-7-9-20-21(11-15)31-14-30-20/h7-12,16H,2-6,13-14H2,1H3,(H,24,26). The molecule has 2 aromatic carbocycles. The zero-order chi connectivity index (χ0) is 22.7. The molecule has 1 fully saturated rings. The molecular formula is C22H25ClN2O6S. The second kappa shape index (κ2) is 9.56. The van der Waals surface area contributed by atoms with Gasteiger partial charge in [-0.1, -0.05) is 30.9 Å². The van der Waals surface area contributed by atoms with Gasteiger partial charge >= 0.3 is 0 Å². The van der Waals surface area contributed by atoms with E-state index in [2.05, 4.69) is 5.32 Å². The third-order valence-electron chi connectivity index (χ3n) is 5.67. The van der Waals surface area contributed by atoms with E-state index >= 15 is 0 Å². The van der Waals surface area contributed by atoms with Gasteiger partial charge in [0.1, 0.15) is 5.75 Å². The molecule has 0 spiro atoms. The van der Waals surface area contributed by atoms with Crippen LogP contribution < -0.4 is 19.5 Å². The van der Waals surface area contributed by atoms with E-state index in [9.17, 15) is 13.2 Å². The van der Waals surface area contributed by atoms with Crippen LogP contribution in [-0.2, 0) is 14.8 Å². The molecule has 2 aliphatic rings. The summed E-state index contributed by atoms with van der Waals surface area (Å²) in [5.74, 6) is 1.09. The molecule has 0 radical (unpaired) electrons. The zero-order valence-electron chi connectivity index (χ0n) is 17.7. The molecule has 2 aromatic rings. The van der Waals surface area contributed by atoms with E-state index in [0.29, 0.717) is 35.8 Å². The summed E-state index contributed by atoms with van der Waals surface area (Å²) in [5.41, 5.74) is 0.507. The predicted molar refractivity (Wildman–Crippen MR) is 120 cm³/mol. The Morgan fingerprint density at radius 1 is 1.12 bits per heavy atom. The topological polar surface area (TPSA) is 94.2 Å². The number of anilines is 1. The Balaban J connectivity index is 1.57. The quantitative estimate of drug-likeness (QED) is 0.642. The summed E-state index contributed by atoms with van der Waals surface area (Å²) < 4.78 is 44.1. The van der Waals surface area contributed by atoms with E-state index in [4.69, 9.17) is 25.8 Å². The van der Waals surface area contributed by atoms with Crippen LogP contribution in [0.4, 0.5) is 5.69 Å². The Kier molecular flexibility index (Phi) is 6.78. The second-order valence-corrected chi connectivity index (χ2v) is 10.1. The molecule has 0 unspecified atom stereocenters. The molecule has 1 heterocycles. The average Bonchev–Trinajstić information content (AvgIpc) is 3.26. The number of ether oxygens (including phenoxy) is 3. The molecule has 172 valence electrons. The minimum Gasteiger partial charge on any atom is -0.495 e. The van der Waals surface area contributed by atoms with Crippen molar-refractivity contribution in [3.05, 3.63) is 41.4 Å². The van der Waals surface area contributed by atoms with E-state index in [0.717, 1.165) is 19.3 Å². The fraction of sp³-hybridized carbons (Fsp3) is 0.409. The normalized spacial score (nSPS) is 16.2. The van der Waals surface area contributed by atoms with Gasteiger partial charge < -0.3 is 19.5 Å². The summed E-state index contributed by atoms with van der Waals surface area (Å²) in [7, 11) is -2.49. The van der Waals surface area contributed by atoms with E-state index in [1.165, 1.54) is 29.6 Å². The number of carbonyl (C=O) groups is 1. The van der Waals surface area contributed by atoms with Crippen LogP contribution in [0.2, 0.25) is 5.02 Å². The van der Waals surface area contributed by atoms with Crippen LogP contribution in [-0.4, -0.2) is 45.1 Å². The summed E-state index contributed by atoms with van der Waals surface area (Å²) >= 11 is 6.18. The number of rotatable bonds is 7. The van der Waals surface area contributed by atoms with Gasteiger partial charge in [0.2, 0.25) is 22.7 Å². The average molecular weight is 481 g/mol. The van der Waals surface area contributed by atoms with Crippen LogP contribution in [0.25, 0.3) is 0 Å². The maximum atomic E-state index is 13.5. The van der Waals surface area contributed by atoms with Gasteiger partial charge in [-0.2, -0.15) is 4.31 Å². The lowest BCUT2D eigenvalue weighted by molar-refractivity contribution is -0.116. The molecule has 32 heavy (non-hydrogen) atoms. The summed E-state index contributed by atoms with van der Waals surface area (Å²) in [6.45, 7) is -0.171. The molecule has 1 saturated carbocycles. The third kappa shape index (κ3) is 4.79. The molecule has 0 saturated heterocycles. The highest BCUT2D eigenvalue weighted by Crippen LogP contribution is 2.35. The molecule has 0 bridgehead atoms. The summed E-state index contributed by atoms with van der Waals surface area (Å²) in [4.78, 5) is 12.9. The van der Waals surface area contributed by atoms with Gasteiger partial charge in [0, 0.05) is 17.8 Å². The lowest BCUT2D eigenvalue weighted by atomic mass is 9.95. The monoisotopic (exact) mass is 480 g/mol. The zero-order valence-corrected chi connectivity index (χ0v) is 19.2. The van der Waals surface area contributed by atoms with Crippen molar-refractivity contribution in [1.29, 1.82) is 0 Å². The number of amides is 1. The molecule has 4 rings (SSSR count). The minimum atomic E-state index is -3.96. The Morgan fingerprint density at radius 2 is 1.88 bits per heavy atom. The highest BCUT2D eigenvalue weighted by Gasteiger charge is 2.34. The molecule has 8 nitrogen and oxygen atoms in total. The Bertz CT molecular complexity index is 1100. The van der Waals surface area contributed by atoms with Crippen LogP contribution in [0.5, 0.6) is 17.2 Å². The van der Waals surface area contributed by atoms with Gasteiger partial charge in [-0.05, 0) is 43.2 Å². The number of methoxy groups -OCH3 is 1. The SMILES string of the molecule is COc1ccc(S(=O)(=O)N(CC(=O)Nc2ccc3c(c2)OCO3)C2CCCCC2)cc1Cl. The molecule has 0 atom stereocenters. The van der Waals surface area contributed by atoms with Gasteiger partial charge in [-0.3, -0.25) is 4.79 Å². The number of benzene rings is 2. The first-order valence-corrected chi connectivity index (χ1v) is 12.2. The van der Waals surface area contributed by atoms with Crippen LogP contribution in [0.15, 0.2) is 41.3 Å². The lowest BCUT2D eigenvalue weighted by Crippen LogP contribution is -2.45. The number of hydrogen-bond donors (Lipinski definition) is 1. The fourth-order valence-corrected chi connectivity index (χ4v) is 6.03. The van der Waals surface area contributed by atoms with Gasteiger partial charge in [0.05, 0.1) is 23.6 Å². The lowest BCUT2D eigenvalue weighted by Gasteiger charge is -2.33. The Morgan fingerprint density at radius 3 is 2.59 bits per heavy atom.